The minimum absolute atomic E-state index is 0.129. The van der Waals surface area contributed by atoms with Crippen LogP contribution in [-0.2, 0) is 20.1 Å². The molecule has 3 aromatic rings. The van der Waals surface area contributed by atoms with Crippen molar-refractivity contribution >= 4 is 5.91 Å². The summed E-state index contributed by atoms with van der Waals surface area (Å²) in [5, 5.41) is 7.12. The van der Waals surface area contributed by atoms with E-state index >= 15 is 0 Å². The molecule has 0 aliphatic carbocycles. The summed E-state index contributed by atoms with van der Waals surface area (Å²) >= 11 is 0. The molecule has 0 bridgehead atoms. The number of rotatable bonds is 6. The van der Waals surface area contributed by atoms with Gasteiger partial charge >= 0.3 is 0 Å². The Morgan fingerprint density at radius 1 is 1.19 bits per heavy atom. The molecule has 8 heteroatoms. The molecule has 0 radical (unpaired) electrons. The predicted octanol–water partition coefficient (Wildman–Crippen LogP) is 3.31. The third kappa shape index (κ3) is 5.14. The van der Waals surface area contributed by atoms with Crippen LogP contribution in [0.4, 0.5) is 4.39 Å². The van der Waals surface area contributed by atoms with Crippen LogP contribution in [0.15, 0.2) is 42.9 Å². The first-order valence-corrected chi connectivity index (χ1v) is 10.6. The van der Waals surface area contributed by atoms with E-state index in [-0.39, 0.29) is 17.8 Å². The highest BCUT2D eigenvalue weighted by molar-refractivity contribution is 5.94. The first kappa shape index (κ1) is 21.1. The molecule has 1 amide bonds. The smallest absolute Gasteiger partial charge is 0.254 e. The molecular weight excluding hydrogens is 395 g/mol. The number of aromatic nitrogens is 4. The van der Waals surface area contributed by atoms with Crippen molar-refractivity contribution in [3.8, 4) is 0 Å². The van der Waals surface area contributed by atoms with Crippen molar-refractivity contribution < 1.29 is 9.18 Å². The summed E-state index contributed by atoms with van der Waals surface area (Å²) in [5.41, 5.74) is 3.12. The van der Waals surface area contributed by atoms with Crippen LogP contribution in [0.25, 0.3) is 0 Å². The third-order valence-electron chi connectivity index (χ3n) is 5.66. The molecule has 3 heterocycles. The maximum Gasteiger partial charge on any atom is 0.254 e. The van der Waals surface area contributed by atoms with Gasteiger partial charge in [-0.05, 0) is 44.0 Å². The van der Waals surface area contributed by atoms with E-state index in [1.165, 1.54) is 17.7 Å². The van der Waals surface area contributed by atoms with Crippen LogP contribution in [-0.4, -0.2) is 37.1 Å². The topological polar surface area (TPSA) is 75.9 Å². The van der Waals surface area contributed by atoms with Crippen LogP contribution in [0.5, 0.6) is 0 Å². The molecule has 1 aliphatic rings. The van der Waals surface area contributed by atoms with Gasteiger partial charge in [0.05, 0.1) is 23.5 Å². The fourth-order valence-corrected chi connectivity index (χ4v) is 4.01. The largest absolute Gasteiger partial charge is 0.348 e. The summed E-state index contributed by atoms with van der Waals surface area (Å²) < 4.78 is 14.8. The molecule has 1 aliphatic heterocycles. The number of likely N-dealkylation sites (tertiary alicyclic amines) is 1. The summed E-state index contributed by atoms with van der Waals surface area (Å²) in [6, 6.07) is 6.20. The lowest BCUT2D eigenvalue weighted by atomic mass is 10.0. The minimum Gasteiger partial charge on any atom is -0.348 e. The number of halogens is 1. The number of aryl methyl sites for hydroxylation is 2. The zero-order chi connectivity index (χ0) is 21.8. The normalized spacial score (nSPS) is 16.9. The van der Waals surface area contributed by atoms with Crippen molar-refractivity contribution in [3.63, 3.8) is 0 Å². The number of benzene rings is 1. The fourth-order valence-electron chi connectivity index (χ4n) is 4.01. The van der Waals surface area contributed by atoms with Gasteiger partial charge in [-0.3, -0.25) is 14.4 Å². The first-order chi connectivity index (χ1) is 15.0. The van der Waals surface area contributed by atoms with Gasteiger partial charge in [-0.2, -0.15) is 5.10 Å². The molecule has 1 fully saturated rings. The van der Waals surface area contributed by atoms with E-state index in [1.807, 2.05) is 31.0 Å². The van der Waals surface area contributed by atoms with E-state index in [0.29, 0.717) is 17.8 Å². The second-order valence-electron chi connectivity index (χ2n) is 8.04. The van der Waals surface area contributed by atoms with Gasteiger partial charge in [0, 0.05) is 38.1 Å². The lowest BCUT2D eigenvalue weighted by Gasteiger charge is -2.34. The molecule has 2 aromatic heterocycles. The Kier molecular flexibility index (Phi) is 6.36. The molecule has 1 aromatic carbocycles. The van der Waals surface area contributed by atoms with E-state index in [9.17, 15) is 9.18 Å². The van der Waals surface area contributed by atoms with Gasteiger partial charge in [-0.15, -0.1) is 0 Å². The maximum atomic E-state index is 13.0. The molecule has 0 unspecified atom stereocenters. The summed E-state index contributed by atoms with van der Waals surface area (Å²) in [5.74, 6) is 0.232. The zero-order valence-corrected chi connectivity index (χ0v) is 17.9. The SMILES string of the molecule is Cc1nc([C@@H]2CCCCN2Cc2cnn(C)c2)ncc1C(=O)NCc1ccc(F)cc1. The quantitative estimate of drug-likeness (QED) is 0.660. The van der Waals surface area contributed by atoms with Gasteiger partial charge in [0.2, 0.25) is 0 Å². The van der Waals surface area contributed by atoms with Crippen LogP contribution >= 0.6 is 0 Å². The molecule has 0 saturated carbocycles. The van der Waals surface area contributed by atoms with Crippen LogP contribution in [0, 0.1) is 12.7 Å². The van der Waals surface area contributed by atoms with Crippen LogP contribution in [0.3, 0.4) is 0 Å². The maximum absolute atomic E-state index is 13.0. The number of hydrogen-bond donors (Lipinski definition) is 1. The van der Waals surface area contributed by atoms with Crippen molar-refractivity contribution in [3.05, 3.63) is 76.9 Å². The Bertz CT molecular complexity index is 1050. The molecular formula is C23H27FN6O. The number of nitrogens with one attached hydrogen (secondary N) is 1. The summed E-state index contributed by atoms with van der Waals surface area (Å²) in [7, 11) is 1.92. The highest BCUT2D eigenvalue weighted by atomic mass is 19.1. The Balaban J connectivity index is 1.45. The standard InChI is InChI=1S/C23H27FN6O/c1-16-20(23(31)26-11-17-6-8-19(24)9-7-17)13-25-22(28-16)21-5-3-4-10-30(21)15-18-12-27-29(2)14-18/h6-9,12-14,21H,3-5,10-11,15H2,1-2H3,(H,26,31)/t21-/m0/s1. The molecule has 162 valence electrons. The number of hydrogen-bond acceptors (Lipinski definition) is 5. The van der Waals surface area contributed by atoms with Crippen molar-refractivity contribution in [2.45, 2.75) is 45.3 Å². The summed E-state index contributed by atoms with van der Waals surface area (Å²) in [6.45, 7) is 3.96. The van der Waals surface area contributed by atoms with E-state index < -0.39 is 0 Å². The van der Waals surface area contributed by atoms with E-state index in [0.717, 1.165) is 43.7 Å². The van der Waals surface area contributed by atoms with E-state index in [4.69, 9.17) is 4.98 Å². The number of nitrogens with zero attached hydrogens (tertiary/aromatic N) is 5. The van der Waals surface area contributed by atoms with Crippen molar-refractivity contribution in [1.82, 2.24) is 30.0 Å². The fraction of sp³-hybridized carbons (Fsp3) is 0.391. The summed E-state index contributed by atoms with van der Waals surface area (Å²) in [4.78, 5) is 24.3. The monoisotopic (exact) mass is 422 g/mol. The van der Waals surface area contributed by atoms with Crippen molar-refractivity contribution in [2.24, 2.45) is 7.05 Å². The molecule has 1 saturated heterocycles. The van der Waals surface area contributed by atoms with Gasteiger partial charge in [0.25, 0.3) is 5.91 Å². The number of carbonyl (C=O) groups excluding carboxylic acids is 1. The van der Waals surface area contributed by atoms with Crippen LogP contribution < -0.4 is 5.32 Å². The third-order valence-corrected chi connectivity index (χ3v) is 5.66. The highest BCUT2D eigenvalue weighted by Crippen LogP contribution is 2.30. The Hall–Kier alpha value is -3.13. The molecule has 1 N–H and O–H groups in total. The predicted molar refractivity (Wildman–Crippen MR) is 115 cm³/mol. The average Bonchev–Trinajstić information content (AvgIpc) is 3.18. The molecule has 1 atom stereocenters. The van der Waals surface area contributed by atoms with Crippen molar-refractivity contribution in [2.75, 3.05) is 6.54 Å². The zero-order valence-electron chi connectivity index (χ0n) is 17.9. The second-order valence-corrected chi connectivity index (χ2v) is 8.04. The van der Waals surface area contributed by atoms with Crippen molar-refractivity contribution in [1.29, 1.82) is 0 Å². The minimum atomic E-state index is -0.296. The number of amides is 1. The van der Waals surface area contributed by atoms with Gasteiger partial charge in [-0.25, -0.2) is 14.4 Å². The molecule has 4 rings (SSSR count). The van der Waals surface area contributed by atoms with Gasteiger partial charge in [0.15, 0.2) is 0 Å². The number of piperidine rings is 1. The van der Waals surface area contributed by atoms with Gasteiger partial charge in [-0.1, -0.05) is 18.6 Å². The Morgan fingerprint density at radius 2 is 2.00 bits per heavy atom. The van der Waals surface area contributed by atoms with Crippen LogP contribution in [0.1, 0.15) is 58.3 Å². The van der Waals surface area contributed by atoms with Gasteiger partial charge in [0.1, 0.15) is 11.6 Å². The van der Waals surface area contributed by atoms with Crippen LogP contribution in [0.2, 0.25) is 0 Å². The highest BCUT2D eigenvalue weighted by Gasteiger charge is 2.27. The van der Waals surface area contributed by atoms with Gasteiger partial charge < -0.3 is 5.32 Å². The van der Waals surface area contributed by atoms with E-state index in [1.54, 1.807) is 18.3 Å². The Morgan fingerprint density at radius 3 is 2.71 bits per heavy atom. The lowest BCUT2D eigenvalue weighted by molar-refractivity contribution is 0.0948. The summed E-state index contributed by atoms with van der Waals surface area (Å²) in [6.07, 6.45) is 8.83. The number of carbonyl (C=O) groups is 1. The lowest BCUT2D eigenvalue weighted by Crippen LogP contribution is -2.34. The Labute approximate surface area is 181 Å². The average molecular weight is 423 g/mol. The first-order valence-electron chi connectivity index (χ1n) is 10.6. The second kappa shape index (κ2) is 9.34. The molecule has 0 spiro atoms. The molecule has 7 nitrogen and oxygen atoms in total. The molecule has 31 heavy (non-hydrogen) atoms. The van der Waals surface area contributed by atoms with E-state index in [2.05, 4.69) is 20.3 Å².